The first-order valence-electron chi connectivity index (χ1n) is 8.75. The molecule has 0 saturated heterocycles. The number of hydrogen-bond donors (Lipinski definition) is 1. The Morgan fingerprint density at radius 2 is 1.59 bits per heavy atom. The number of aliphatic imine (C=N–C) groups is 1. The maximum atomic E-state index is 14.1. The van der Waals surface area contributed by atoms with Gasteiger partial charge in [0.15, 0.2) is 0 Å². The zero-order valence-electron chi connectivity index (χ0n) is 15.3. The smallest absolute Gasteiger partial charge is 0.293 e. The second-order valence-electron chi connectivity index (χ2n) is 6.38. The molecular weight excluding hydrogens is 407 g/mol. The molecule has 0 aromatic heterocycles. The van der Waals surface area contributed by atoms with E-state index in [-0.39, 0.29) is 17.9 Å². The summed E-state index contributed by atoms with van der Waals surface area (Å²) in [7, 11) is -4.69. The van der Waals surface area contributed by atoms with Gasteiger partial charge in [0.1, 0.15) is 5.84 Å². The minimum Gasteiger partial charge on any atom is -0.293 e. The van der Waals surface area contributed by atoms with Gasteiger partial charge in [-0.15, -0.1) is 0 Å². The topological polar surface area (TPSA) is 78.8 Å². The number of nitrogens with zero attached hydrogens (tertiary/aromatic N) is 2. The Hall–Kier alpha value is -2.72. The predicted molar refractivity (Wildman–Crippen MR) is 101 cm³/mol. The molecule has 2 aromatic carbocycles. The molecule has 0 aliphatic carbocycles. The van der Waals surface area contributed by atoms with Crippen molar-refractivity contribution in [2.24, 2.45) is 4.99 Å². The van der Waals surface area contributed by atoms with Crippen molar-refractivity contribution in [2.75, 3.05) is 6.54 Å². The summed E-state index contributed by atoms with van der Waals surface area (Å²) < 4.78 is 69.2. The highest BCUT2D eigenvalue weighted by Gasteiger charge is 2.67. The van der Waals surface area contributed by atoms with Crippen LogP contribution in [0.25, 0.3) is 0 Å². The van der Waals surface area contributed by atoms with E-state index >= 15 is 0 Å². The summed E-state index contributed by atoms with van der Waals surface area (Å²) in [5.41, 5.74) is -3.36. The summed E-state index contributed by atoms with van der Waals surface area (Å²) in [5, 5.41) is 0. The SMILES string of the molecule is CCCN1C(=O)[C@](NS(=O)(=O)c2ccccc2)(C(F)(F)F)N=C1c1ccccc1. The number of rotatable bonds is 6. The summed E-state index contributed by atoms with van der Waals surface area (Å²) in [5.74, 6) is -1.71. The minimum absolute atomic E-state index is 0.0442. The van der Waals surface area contributed by atoms with E-state index in [2.05, 4.69) is 4.99 Å². The van der Waals surface area contributed by atoms with E-state index in [0.717, 1.165) is 17.0 Å². The molecule has 0 bridgehead atoms. The number of carbonyl (C=O) groups is 1. The summed E-state index contributed by atoms with van der Waals surface area (Å²) >= 11 is 0. The van der Waals surface area contributed by atoms with Crippen molar-refractivity contribution < 1.29 is 26.4 Å². The zero-order valence-corrected chi connectivity index (χ0v) is 16.2. The van der Waals surface area contributed by atoms with Gasteiger partial charge in [-0.25, -0.2) is 13.4 Å². The summed E-state index contributed by atoms with van der Waals surface area (Å²) in [6.07, 6.45) is -4.94. The van der Waals surface area contributed by atoms with Gasteiger partial charge in [0.05, 0.1) is 4.90 Å². The van der Waals surface area contributed by atoms with Crippen LogP contribution in [0.15, 0.2) is 70.6 Å². The van der Waals surface area contributed by atoms with Crippen molar-refractivity contribution in [3.63, 3.8) is 0 Å². The molecule has 1 heterocycles. The lowest BCUT2D eigenvalue weighted by molar-refractivity contribution is -0.194. The van der Waals surface area contributed by atoms with Gasteiger partial charge in [-0.2, -0.15) is 17.9 Å². The normalized spacial score (nSPS) is 20.1. The van der Waals surface area contributed by atoms with E-state index in [4.69, 9.17) is 0 Å². The molecule has 0 radical (unpaired) electrons. The number of sulfonamides is 1. The van der Waals surface area contributed by atoms with Crippen LogP contribution in [0.5, 0.6) is 0 Å². The minimum atomic E-state index is -5.30. The number of halogens is 3. The predicted octanol–water partition coefficient (Wildman–Crippen LogP) is 2.92. The van der Waals surface area contributed by atoms with Gasteiger partial charge in [0.2, 0.25) is 10.0 Å². The highest BCUT2D eigenvalue weighted by molar-refractivity contribution is 7.89. The van der Waals surface area contributed by atoms with Crippen molar-refractivity contribution in [1.29, 1.82) is 0 Å². The second-order valence-corrected chi connectivity index (χ2v) is 8.07. The van der Waals surface area contributed by atoms with Gasteiger partial charge in [-0.3, -0.25) is 9.69 Å². The highest BCUT2D eigenvalue weighted by atomic mass is 32.2. The van der Waals surface area contributed by atoms with Crippen molar-refractivity contribution in [2.45, 2.75) is 30.1 Å². The summed E-state index contributed by atoms with van der Waals surface area (Å²) in [6.45, 7) is 1.65. The number of carbonyl (C=O) groups excluding carboxylic acids is 1. The van der Waals surface area contributed by atoms with Crippen LogP contribution in [0.3, 0.4) is 0 Å². The summed E-state index contributed by atoms with van der Waals surface area (Å²) in [4.78, 5) is 17.0. The Kier molecular flexibility index (Phi) is 5.50. The third-order valence-corrected chi connectivity index (χ3v) is 5.77. The van der Waals surface area contributed by atoms with E-state index in [1.807, 2.05) is 0 Å². The zero-order chi connectivity index (χ0) is 21.3. The van der Waals surface area contributed by atoms with Crippen LogP contribution >= 0.6 is 0 Å². The standard InChI is InChI=1S/C19H18F3N3O3S/c1-2-13-25-16(14-9-5-3-6-10-14)23-18(17(25)26,19(20,21)22)24-29(27,28)15-11-7-4-8-12-15/h3-12,24H,2,13H2,1H3/t18-/m0/s1. The molecule has 1 aliphatic heterocycles. The molecule has 1 amide bonds. The van der Waals surface area contributed by atoms with Crippen LogP contribution in [0.2, 0.25) is 0 Å². The van der Waals surface area contributed by atoms with E-state index in [1.165, 1.54) is 35.1 Å². The maximum Gasteiger partial charge on any atom is 0.437 e. The van der Waals surface area contributed by atoms with Crippen molar-refractivity contribution in [1.82, 2.24) is 9.62 Å². The molecule has 1 atom stereocenters. The molecule has 0 fully saturated rings. The molecule has 0 saturated carbocycles. The van der Waals surface area contributed by atoms with Crippen LogP contribution < -0.4 is 4.72 Å². The molecule has 3 rings (SSSR count). The number of hydrogen-bond acceptors (Lipinski definition) is 4. The second kappa shape index (κ2) is 7.60. The van der Waals surface area contributed by atoms with E-state index in [0.29, 0.717) is 6.42 Å². The van der Waals surface area contributed by atoms with Crippen molar-refractivity contribution in [3.8, 4) is 0 Å². The van der Waals surface area contributed by atoms with Crippen LogP contribution in [-0.4, -0.2) is 43.4 Å². The van der Waals surface area contributed by atoms with E-state index < -0.39 is 32.7 Å². The van der Waals surface area contributed by atoms with Gasteiger partial charge in [-0.1, -0.05) is 55.5 Å². The lowest BCUT2D eigenvalue weighted by Gasteiger charge is -2.28. The van der Waals surface area contributed by atoms with Gasteiger partial charge >= 0.3 is 11.8 Å². The molecule has 1 aliphatic rings. The first-order chi connectivity index (χ1) is 13.6. The quantitative estimate of drug-likeness (QED) is 0.773. The molecule has 2 aromatic rings. The van der Waals surface area contributed by atoms with Crippen molar-refractivity contribution in [3.05, 3.63) is 66.2 Å². The largest absolute Gasteiger partial charge is 0.437 e. The highest BCUT2D eigenvalue weighted by Crippen LogP contribution is 2.39. The molecule has 10 heteroatoms. The van der Waals surface area contributed by atoms with E-state index in [9.17, 15) is 26.4 Å². The van der Waals surface area contributed by atoms with Crippen LogP contribution in [-0.2, 0) is 14.8 Å². The number of nitrogens with one attached hydrogen (secondary N) is 1. The summed E-state index contributed by atoms with van der Waals surface area (Å²) in [6, 6.07) is 14.4. The van der Waals surface area contributed by atoms with Gasteiger partial charge in [-0.05, 0) is 18.6 Å². The first-order valence-corrected chi connectivity index (χ1v) is 10.2. The Labute approximate surface area is 166 Å². The number of amides is 1. The maximum absolute atomic E-state index is 14.1. The third kappa shape index (κ3) is 3.77. The first kappa shape index (κ1) is 21.0. The molecule has 1 N–H and O–H groups in total. The average molecular weight is 425 g/mol. The van der Waals surface area contributed by atoms with Crippen LogP contribution in [0, 0.1) is 0 Å². The van der Waals surface area contributed by atoms with Crippen LogP contribution in [0.1, 0.15) is 18.9 Å². The van der Waals surface area contributed by atoms with Gasteiger partial charge < -0.3 is 0 Å². The molecular formula is C19H18F3N3O3S. The third-order valence-electron chi connectivity index (χ3n) is 4.31. The Bertz CT molecular complexity index is 1020. The van der Waals surface area contributed by atoms with Gasteiger partial charge in [0.25, 0.3) is 5.91 Å². The van der Waals surface area contributed by atoms with Crippen molar-refractivity contribution >= 4 is 21.8 Å². The molecule has 29 heavy (non-hydrogen) atoms. The fourth-order valence-electron chi connectivity index (χ4n) is 2.96. The average Bonchev–Trinajstić information content (AvgIpc) is 2.96. The fourth-order valence-corrected chi connectivity index (χ4v) is 4.23. The molecule has 154 valence electrons. The lowest BCUT2D eigenvalue weighted by atomic mass is 10.1. The van der Waals surface area contributed by atoms with Crippen LogP contribution in [0.4, 0.5) is 13.2 Å². The Morgan fingerprint density at radius 3 is 2.10 bits per heavy atom. The Morgan fingerprint density at radius 1 is 1.03 bits per heavy atom. The Balaban J connectivity index is 2.17. The van der Waals surface area contributed by atoms with Gasteiger partial charge in [0, 0.05) is 12.1 Å². The monoisotopic (exact) mass is 425 g/mol. The number of alkyl halides is 3. The lowest BCUT2D eigenvalue weighted by Crippen LogP contribution is -2.63. The molecule has 0 unspecified atom stereocenters. The number of amidine groups is 1. The molecule has 0 spiro atoms. The molecule has 6 nitrogen and oxygen atoms in total. The number of benzene rings is 2. The fraction of sp³-hybridized carbons (Fsp3) is 0.263. The van der Waals surface area contributed by atoms with E-state index in [1.54, 1.807) is 25.1 Å².